The van der Waals surface area contributed by atoms with E-state index in [0.29, 0.717) is 13.0 Å². The minimum Gasteiger partial charge on any atom is -0.460 e. The fourth-order valence-electron chi connectivity index (χ4n) is 3.15. The van der Waals surface area contributed by atoms with Crippen molar-refractivity contribution in [3.05, 3.63) is 0 Å². The molecule has 0 aliphatic heterocycles. The molecule has 0 amide bonds. The summed E-state index contributed by atoms with van der Waals surface area (Å²) >= 11 is 0. The van der Waals surface area contributed by atoms with Gasteiger partial charge in [-0.2, -0.15) is 0 Å². The molecule has 0 aliphatic rings. The minimum absolute atomic E-state index is 0. The van der Waals surface area contributed by atoms with E-state index in [2.05, 4.69) is 28.1 Å². The van der Waals surface area contributed by atoms with Gasteiger partial charge in [0.25, 0.3) is 0 Å². The average molecular weight is 499 g/mol. The number of halogens is 1. The average Bonchev–Trinajstić information content (AvgIpc) is 2.57. The molecular weight excluding hydrogens is 449 g/mol. The lowest BCUT2D eigenvalue weighted by molar-refractivity contribution is -0.870. The standard InChI is InChI=1S/C23H48NO2.HI/c1-5-6-7-8-9-10-11-12-13-14-15-16-17-18-19-20-23(25)26-22-21-24(2,3)4;/h5-22H2,1-4H3;1H/q+1;. The van der Waals surface area contributed by atoms with Gasteiger partial charge in [-0.25, -0.2) is 0 Å². The molecule has 3 nitrogen and oxygen atoms in total. The number of esters is 1. The van der Waals surface area contributed by atoms with Crippen molar-refractivity contribution >= 4 is 29.9 Å². The Bertz CT molecular complexity index is 316. The maximum absolute atomic E-state index is 11.6. The Morgan fingerprint density at radius 1 is 0.667 bits per heavy atom. The number of likely N-dealkylation sites (N-methyl/N-ethyl adjacent to an activating group) is 1. The summed E-state index contributed by atoms with van der Waals surface area (Å²) in [4.78, 5) is 11.6. The zero-order valence-electron chi connectivity index (χ0n) is 18.9. The molecule has 0 fully saturated rings. The van der Waals surface area contributed by atoms with Crippen LogP contribution in [0.15, 0.2) is 0 Å². The molecule has 0 aromatic rings. The third-order valence-electron chi connectivity index (χ3n) is 5.01. The molecule has 0 unspecified atom stereocenters. The molecule has 164 valence electrons. The highest BCUT2D eigenvalue weighted by Crippen LogP contribution is 2.13. The van der Waals surface area contributed by atoms with Gasteiger partial charge < -0.3 is 9.22 Å². The Balaban J connectivity index is 0. The number of quaternary nitrogens is 1. The van der Waals surface area contributed by atoms with Gasteiger partial charge in [-0.1, -0.05) is 96.8 Å². The van der Waals surface area contributed by atoms with E-state index >= 15 is 0 Å². The van der Waals surface area contributed by atoms with E-state index in [1.807, 2.05) is 0 Å². The summed E-state index contributed by atoms with van der Waals surface area (Å²) in [5.41, 5.74) is 0. The van der Waals surface area contributed by atoms with Crippen molar-refractivity contribution in [3.63, 3.8) is 0 Å². The number of carbonyl (C=O) groups excluding carboxylic acids is 1. The first-order valence-electron chi connectivity index (χ1n) is 11.4. The van der Waals surface area contributed by atoms with E-state index in [9.17, 15) is 4.79 Å². The van der Waals surface area contributed by atoms with Crippen molar-refractivity contribution in [3.8, 4) is 0 Å². The Hall–Kier alpha value is 0.160. The number of carbonyl (C=O) groups is 1. The van der Waals surface area contributed by atoms with Gasteiger partial charge in [0, 0.05) is 6.42 Å². The van der Waals surface area contributed by atoms with Gasteiger partial charge >= 0.3 is 5.97 Å². The Morgan fingerprint density at radius 3 is 1.41 bits per heavy atom. The highest BCUT2D eigenvalue weighted by Gasteiger charge is 2.09. The molecule has 27 heavy (non-hydrogen) atoms. The summed E-state index contributed by atoms with van der Waals surface area (Å²) < 4.78 is 6.12. The van der Waals surface area contributed by atoms with E-state index in [-0.39, 0.29) is 29.9 Å². The molecule has 0 N–H and O–H groups in total. The zero-order valence-corrected chi connectivity index (χ0v) is 21.2. The van der Waals surface area contributed by atoms with Crippen LogP contribution in [0.4, 0.5) is 0 Å². The molecule has 0 aromatic carbocycles. The van der Waals surface area contributed by atoms with Gasteiger partial charge in [0.15, 0.2) is 0 Å². The molecule has 0 aromatic heterocycles. The lowest BCUT2D eigenvalue weighted by atomic mass is 10.0. The van der Waals surface area contributed by atoms with Crippen LogP contribution in [-0.4, -0.2) is 44.7 Å². The van der Waals surface area contributed by atoms with Crippen molar-refractivity contribution in [2.45, 2.75) is 110 Å². The van der Waals surface area contributed by atoms with Crippen LogP contribution in [-0.2, 0) is 9.53 Å². The van der Waals surface area contributed by atoms with Crippen LogP contribution < -0.4 is 0 Å². The predicted molar refractivity (Wildman–Crippen MR) is 129 cm³/mol. The van der Waals surface area contributed by atoms with Crippen molar-refractivity contribution in [1.29, 1.82) is 0 Å². The number of hydrogen-bond donors (Lipinski definition) is 0. The van der Waals surface area contributed by atoms with E-state index in [1.54, 1.807) is 0 Å². The summed E-state index contributed by atoms with van der Waals surface area (Å²) in [5.74, 6) is -0.0202. The lowest BCUT2D eigenvalue weighted by Crippen LogP contribution is -2.37. The topological polar surface area (TPSA) is 26.3 Å². The summed E-state index contributed by atoms with van der Waals surface area (Å²) in [7, 11) is 6.34. The molecule has 0 saturated heterocycles. The minimum atomic E-state index is -0.0202. The fourth-order valence-corrected chi connectivity index (χ4v) is 3.15. The molecule has 4 heteroatoms. The fraction of sp³-hybridized carbons (Fsp3) is 0.957. The summed E-state index contributed by atoms with van der Waals surface area (Å²) in [6, 6.07) is 0. The Labute approximate surface area is 187 Å². The molecule has 0 saturated carbocycles. The van der Waals surface area contributed by atoms with Crippen molar-refractivity contribution in [1.82, 2.24) is 0 Å². The molecule has 0 aliphatic carbocycles. The van der Waals surface area contributed by atoms with Crippen LogP contribution in [0.5, 0.6) is 0 Å². The lowest BCUT2D eigenvalue weighted by Gasteiger charge is -2.23. The molecule has 0 atom stereocenters. The molecule has 0 heterocycles. The Kier molecular flexibility index (Phi) is 22.7. The van der Waals surface area contributed by atoms with Crippen LogP contribution in [0.1, 0.15) is 110 Å². The number of ether oxygens (including phenoxy) is 1. The first-order valence-corrected chi connectivity index (χ1v) is 11.4. The van der Waals surface area contributed by atoms with Crippen molar-refractivity contribution in [2.24, 2.45) is 0 Å². The third kappa shape index (κ3) is 26.2. The van der Waals surface area contributed by atoms with Crippen LogP contribution in [0.25, 0.3) is 0 Å². The maximum Gasteiger partial charge on any atom is 0.305 e. The summed E-state index contributed by atoms with van der Waals surface area (Å²) in [6.07, 6.45) is 20.9. The van der Waals surface area contributed by atoms with Crippen molar-refractivity contribution < 1.29 is 14.0 Å². The molecular formula is C23H49INO2+. The second-order valence-electron chi connectivity index (χ2n) is 8.93. The molecule has 0 radical (unpaired) electrons. The second-order valence-corrected chi connectivity index (χ2v) is 8.93. The second kappa shape index (κ2) is 20.9. The summed E-state index contributed by atoms with van der Waals surface area (Å²) in [5, 5.41) is 0. The van der Waals surface area contributed by atoms with E-state index in [0.717, 1.165) is 17.4 Å². The largest absolute Gasteiger partial charge is 0.460 e. The number of hydrogen-bond acceptors (Lipinski definition) is 2. The third-order valence-corrected chi connectivity index (χ3v) is 5.01. The highest BCUT2D eigenvalue weighted by atomic mass is 127. The predicted octanol–water partition coefficient (Wildman–Crippen LogP) is 7.12. The first kappa shape index (κ1) is 29.4. The number of rotatable bonds is 19. The van der Waals surface area contributed by atoms with Gasteiger partial charge in [-0.05, 0) is 6.42 Å². The van der Waals surface area contributed by atoms with Crippen molar-refractivity contribution in [2.75, 3.05) is 34.3 Å². The normalized spacial score (nSPS) is 11.3. The van der Waals surface area contributed by atoms with Gasteiger partial charge in [0.1, 0.15) is 13.2 Å². The molecule has 0 spiro atoms. The SMILES string of the molecule is CCCCCCCCCCCCCCCCCC(=O)OCC[N+](C)(C)C.I. The number of nitrogens with zero attached hydrogens (tertiary/aromatic N) is 1. The zero-order chi connectivity index (χ0) is 19.5. The first-order chi connectivity index (χ1) is 12.5. The summed E-state index contributed by atoms with van der Waals surface area (Å²) in [6.45, 7) is 3.70. The quantitative estimate of drug-likeness (QED) is 0.0821. The molecule has 0 bridgehead atoms. The monoisotopic (exact) mass is 498 g/mol. The van der Waals surface area contributed by atoms with Gasteiger partial charge in [0.05, 0.1) is 21.1 Å². The van der Waals surface area contributed by atoms with Crippen LogP contribution in [0, 0.1) is 0 Å². The van der Waals surface area contributed by atoms with Gasteiger partial charge in [-0.15, -0.1) is 24.0 Å². The highest BCUT2D eigenvalue weighted by molar-refractivity contribution is 14.0. The number of unbranched alkanes of at least 4 members (excludes halogenated alkanes) is 14. The van der Waals surface area contributed by atoms with Gasteiger partial charge in [0.2, 0.25) is 0 Å². The van der Waals surface area contributed by atoms with E-state index in [1.165, 1.54) is 89.9 Å². The Morgan fingerprint density at radius 2 is 1.04 bits per heavy atom. The van der Waals surface area contributed by atoms with Crippen LogP contribution in [0.2, 0.25) is 0 Å². The van der Waals surface area contributed by atoms with Crippen LogP contribution in [0.3, 0.4) is 0 Å². The smallest absolute Gasteiger partial charge is 0.305 e. The van der Waals surface area contributed by atoms with E-state index in [4.69, 9.17) is 4.74 Å². The van der Waals surface area contributed by atoms with E-state index < -0.39 is 0 Å². The van der Waals surface area contributed by atoms with Crippen LogP contribution >= 0.6 is 24.0 Å². The van der Waals surface area contributed by atoms with Gasteiger partial charge in [-0.3, -0.25) is 4.79 Å². The molecule has 0 rings (SSSR count). The maximum atomic E-state index is 11.6.